The van der Waals surface area contributed by atoms with Crippen LogP contribution in [0.4, 0.5) is 13.2 Å². The summed E-state index contributed by atoms with van der Waals surface area (Å²) >= 11 is 0. The highest BCUT2D eigenvalue weighted by Crippen LogP contribution is 2.30. The van der Waals surface area contributed by atoms with E-state index in [0.717, 1.165) is 12.1 Å². The van der Waals surface area contributed by atoms with E-state index in [1.807, 2.05) is 6.07 Å². The van der Waals surface area contributed by atoms with Gasteiger partial charge in [-0.25, -0.2) is 0 Å². The lowest BCUT2D eigenvalue weighted by Crippen LogP contribution is -2.11. The number of alkyl halides is 3. The van der Waals surface area contributed by atoms with Gasteiger partial charge in [-0.05, 0) is 29.8 Å². The SMILES string of the molecule is OC(COc1ccccc1)c1cccc(C(F)(F)F)c1. The molecule has 1 N–H and O–H groups in total. The van der Waals surface area contributed by atoms with Gasteiger partial charge < -0.3 is 9.84 Å². The van der Waals surface area contributed by atoms with Gasteiger partial charge in [-0.1, -0.05) is 30.3 Å². The van der Waals surface area contributed by atoms with Crippen molar-refractivity contribution in [3.05, 3.63) is 65.7 Å². The van der Waals surface area contributed by atoms with Crippen LogP contribution in [0, 0.1) is 0 Å². The van der Waals surface area contributed by atoms with Crippen molar-refractivity contribution in [2.75, 3.05) is 6.61 Å². The van der Waals surface area contributed by atoms with Crippen molar-refractivity contribution in [2.45, 2.75) is 12.3 Å². The average Bonchev–Trinajstić information content (AvgIpc) is 2.45. The molecule has 0 radical (unpaired) electrons. The lowest BCUT2D eigenvalue weighted by Gasteiger charge is -2.14. The summed E-state index contributed by atoms with van der Waals surface area (Å²) in [7, 11) is 0. The van der Waals surface area contributed by atoms with E-state index < -0.39 is 17.8 Å². The zero-order valence-electron chi connectivity index (χ0n) is 10.5. The van der Waals surface area contributed by atoms with E-state index in [9.17, 15) is 18.3 Å². The Kier molecular flexibility index (Phi) is 4.29. The van der Waals surface area contributed by atoms with E-state index in [1.54, 1.807) is 24.3 Å². The predicted octanol–water partition coefficient (Wildman–Crippen LogP) is 3.82. The second-order valence-corrected chi connectivity index (χ2v) is 4.26. The van der Waals surface area contributed by atoms with Crippen molar-refractivity contribution >= 4 is 0 Å². The van der Waals surface area contributed by atoms with Gasteiger partial charge in [-0.2, -0.15) is 13.2 Å². The van der Waals surface area contributed by atoms with Crippen molar-refractivity contribution < 1.29 is 23.0 Å². The molecule has 0 aliphatic rings. The van der Waals surface area contributed by atoms with Crippen molar-refractivity contribution in [2.24, 2.45) is 0 Å². The van der Waals surface area contributed by atoms with Gasteiger partial charge >= 0.3 is 6.18 Å². The molecule has 0 aliphatic heterocycles. The van der Waals surface area contributed by atoms with Gasteiger partial charge in [0.05, 0.1) is 5.56 Å². The molecule has 0 spiro atoms. The summed E-state index contributed by atoms with van der Waals surface area (Å²) < 4.78 is 43.0. The smallest absolute Gasteiger partial charge is 0.416 e. The molecule has 1 atom stereocenters. The Bertz CT molecular complexity index is 553. The highest BCUT2D eigenvalue weighted by Gasteiger charge is 2.30. The van der Waals surface area contributed by atoms with Crippen molar-refractivity contribution in [1.82, 2.24) is 0 Å². The maximum Gasteiger partial charge on any atom is 0.416 e. The van der Waals surface area contributed by atoms with E-state index in [-0.39, 0.29) is 12.2 Å². The van der Waals surface area contributed by atoms with Crippen LogP contribution in [-0.4, -0.2) is 11.7 Å². The van der Waals surface area contributed by atoms with Crippen LogP contribution in [0.25, 0.3) is 0 Å². The molecule has 0 aliphatic carbocycles. The number of hydrogen-bond donors (Lipinski definition) is 1. The zero-order chi connectivity index (χ0) is 14.6. The maximum absolute atomic E-state index is 12.6. The molecule has 2 aromatic carbocycles. The van der Waals surface area contributed by atoms with Crippen LogP contribution >= 0.6 is 0 Å². The number of rotatable bonds is 4. The van der Waals surface area contributed by atoms with Gasteiger partial charge in [0.2, 0.25) is 0 Å². The average molecular weight is 282 g/mol. The largest absolute Gasteiger partial charge is 0.491 e. The molecule has 2 aromatic rings. The number of ether oxygens (including phenoxy) is 1. The van der Waals surface area contributed by atoms with Gasteiger partial charge in [0, 0.05) is 0 Å². The standard InChI is InChI=1S/C15H13F3O2/c16-15(17,18)12-6-4-5-11(9-12)14(19)10-20-13-7-2-1-3-8-13/h1-9,14,19H,10H2. The molecule has 1 unspecified atom stereocenters. The summed E-state index contributed by atoms with van der Waals surface area (Å²) in [4.78, 5) is 0. The molecule has 0 aromatic heterocycles. The molecular weight excluding hydrogens is 269 g/mol. The summed E-state index contributed by atoms with van der Waals surface area (Å²) in [6, 6.07) is 13.4. The van der Waals surface area contributed by atoms with Crippen molar-refractivity contribution in [3.63, 3.8) is 0 Å². The van der Waals surface area contributed by atoms with Crippen LogP contribution in [0.1, 0.15) is 17.2 Å². The highest BCUT2D eigenvalue weighted by atomic mass is 19.4. The minimum absolute atomic E-state index is 0.106. The molecule has 20 heavy (non-hydrogen) atoms. The van der Waals surface area contributed by atoms with Crippen molar-refractivity contribution in [3.8, 4) is 5.75 Å². The van der Waals surface area contributed by atoms with E-state index >= 15 is 0 Å². The molecule has 2 nitrogen and oxygen atoms in total. The summed E-state index contributed by atoms with van der Waals surface area (Å²) in [5, 5.41) is 9.88. The second-order valence-electron chi connectivity index (χ2n) is 4.26. The molecular formula is C15H13F3O2. The maximum atomic E-state index is 12.6. The number of hydrogen-bond acceptors (Lipinski definition) is 2. The Morgan fingerprint density at radius 1 is 1.00 bits per heavy atom. The first-order valence-corrected chi connectivity index (χ1v) is 6.00. The Morgan fingerprint density at radius 3 is 2.35 bits per heavy atom. The third-order valence-corrected chi connectivity index (χ3v) is 2.75. The lowest BCUT2D eigenvalue weighted by atomic mass is 10.1. The van der Waals surface area contributed by atoms with Crippen LogP contribution in [0.5, 0.6) is 5.75 Å². The van der Waals surface area contributed by atoms with Crippen LogP contribution in [0.15, 0.2) is 54.6 Å². The van der Waals surface area contributed by atoms with Gasteiger partial charge in [0.25, 0.3) is 0 Å². The topological polar surface area (TPSA) is 29.5 Å². The number of benzene rings is 2. The minimum atomic E-state index is -4.42. The molecule has 0 fully saturated rings. The van der Waals surface area contributed by atoms with E-state index in [0.29, 0.717) is 5.75 Å². The molecule has 0 heterocycles. The van der Waals surface area contributed by atoms with Crippen LogP contribution < -0.4 is 4.74 Å². The third-order valence-electron chi connectivity index (χ3n) is 2.75. The van der Waals surface area contributed by atoms with Crippen LogP contribution in [0.2, 0.25) is 0 Å². The lowest BCUT2D eigenvalue weighted by molar-refractivity contribution is -0.137. The molecule has 0 bridgehead atoms. The Labute approximate surface area is 114 Å². The van der Waals surface area contributed by atoms with Gasteiger partial charge in [0.15, 0.2) is 0 Å². The molecule has 0 saturated carbocycles. The van der Waals surface area contributed by atoms with Gasteiger partial charge in [0.1, 0.15) is 18.5 Å². The Hall–Kier alpha value is -2.01. The van der Waals surface area contributed by atoms with Crippen LogP contribution in [-0.2, 0) is 6.18 Å². The first-order chi connectivity index (χ1) is 9.47. The fourth-order valence-electron chi connectivity index (χ4n) is 1.71. The summed E-state index contributed by atoms with van der Waals surface area (Å²) in [6.45, 7) is -0.106. The van der Waals surface area contributed by atoms with Gasteiger partial charge in [-0.15, -0.1) is 0 Å². The number of para-hydroxylation sites is 1. The number of aliphatic hydroxyl groups excluding tert-OH is 1. The highest BCUT2D eigenvalue weighted by molar-refractivity contribution is 5.27. The molecule has 0 amide bonds. The second kappa shape index (κ2) is 5.96. The third kappa shape index (κ3) is 3.74. The molecule has 5 heteroatoms. The normalized spacial score (nSPS) is 13.0. The molecule has 106 valence electrons. The Morgan fingerprint density at radius 2 is 1.70 bits per heavy atom. The van der Waals surface area contributed by atoms with E-state index in [4.69, 9.17) is 4.74 Å². The summed E-state index contributed by atoms with van der Waals surface area (Å²) in [5.74, 6) is 0.554. The zero-order valence-corrected chi connectivity index (χ0v) is 10.5. The van der Waals surface area contributed by atoms with E-state index in [1.165, 1.54) is 12.1 Å². The summed E-state index contributed by atoms with van der Waals surface area (Å²) in [5.41, 5.74) is -0.607. The summed E-state index contributed by atoms with van der Waals surface area (Å²) in [6.07, 6.45) is -5.53. The fraction of sp³-hybridized carbons (Fsp3) is 0.200. The fourth-order valence-corrected chi connectivity index (χ4v) is 1.71. The first kappa shape index (κ1) is 14.4. The van der Waals surface area contributed by atoms with Crippen molar-refractivity contribution in [1.29, 1.82) is 0 Å². The van der Waals surface area contributed by atoms with E-state index in [2.05, 4.69) is 0 Å². The molecule has 0 saturated heterocycles. The predicted molar refractivity (Wildman–Crippen MR) is 68.3 cm³/mol. The van der Waals surface area contributed by atoms with Gasteiger partial charge in [-0.3, -0.25) is 0 Å². The molecule has 2 rings (SSSR count). The van der Waals surface area contributed by atoms with Crippen LogP contribution in [0.3, 0.4) is 0 Å². The minimum Gasteiger partial charge on any atom is -0.491 e. The number of aliphatic hydroxyl groups is 1. The Balaban J connectivity index is 2.04. The monoisotopic (exact) mass is 282 g/mol. The quantitative estimate of drug-likeness (QED) is 0.923. The number of halogens is 3. The first-order valence-electron chi connectivity index (χ1n) is 6.00.